The number of nitrogens with zero attached hydrogens (tertiary/aromatic N) is 1. The summed E-state index contributed by atoms with van der Waals surface area (Å²) in [5, 5.41) is 3.10. The number of β-lactam (4-membered cyclic amide) rings is 1. The van der Waals surface area contributed by atoms with Gasteiger partial charge in [0.25, 0.3) is 5.91 Å². The molecule has 0 spiro atoms. The Morgan fingerprint density at radius 3 is 2.50 bits per heavy atom. The van der Waals surface area contributed by atoms with Crippen LogP contribution in [-0.2, 0) is 19.2 Å². The van der Waals surface area contributed by atoms with Crippen molar-refractivity contribution < 1.29 is 28.7 Å². The van der Waals surface area contributed by atoms with Gasteiger partial charge < -0.3 is 14.8 Å². The molecule has 1 aliphatic rings. The Labute approximate surface area is 193 Å². The molecule has 2 atom stereocenters. The maximum absolute atomic E-state index is 12.3. The lowest BCUT2D eigenvalue weighted by Crippen LogP contribution is -2.63. The highest BCUT2D eigenvalue weighted by atomic mass is 35.5. The van der Waals surface area contributed by atoms with E-state index in [0.717, 1.165) is 5.01 Å². The summed E-state index contributed by atoms with van der Waals surface area (Å²) in [5.41, 5.74) is 3.39. The van der Waals surface area contributed by atoms with Crippen LogP contribution in [0.4, 0.5) is 5.69 Å². The summed E-state index contributed by atoms with van der Waals surface area (Å²) in [6.45, 7) is 1.26. The number of carbonyl (C=O) groups excluding carboxylic acids is 4. The Morgan fingerprint density at radius 2 is 1.84 bits per heavy atom. The van der Waals surface area contributed by atoms with Gasteiger partial charge in [0, 0.05) is 17.6 Å². The molecular weight excluding hydrogens is 461 g/mol. The highest BCUT2D eigenvalue weighted by Crippen LogP contribution is 2.40. The second-order valence-electron chi connectivity index (χ2n) is 6.83. The molecule has 3 amide bonds. The maximum atomic E-state index is 12.3. The van der Waals surface area contributed by atoms with Gasteiger partial charge in [-0.25, -0.2) is 5.01 Å². The predicted molar refractivity (Wildman–Crippen MR) is 116 cm³/mol. The standard InChI is InChI=1S/C21H19Cl2N3O6/c1-11(27)32-15-7-6-12(8-16(15)31-2)20-19(23)21(30)26(20)25-18(29)10-17(28)24-14-5-3-4-13(22)9-14/h3-9,19-20H,10H2,1-2H3,(H,24,28)(H,25,29)/t19-,20+/m0/s1. The third kappa shape index (κ3) is 5.30. The Hall–Kier alpha value is -3.30. The Bertz CT molecular complexity index is 1080. The largest absolute Gasteiger partial charge is 0.493 e. The topological polar surface area (TPSA) is 114 Å². The van der Waals surface area contributed by atoms with Crippen LogP contribution in [0.5, 0.6) is 11.5 Å². The SMILES string of the molecule is COc1cc([C@@H]2[C@H](Cl)C(=O)N2NC(=O)CC(=O)Nc2cccc(Cl)c2)ccc1OC(C)=O. The van der Waals surface area contributed by atoms with Crippen molar-refractivity contribution in [2.45, 2.75) is 24.8 Å². The van der Waals surface area contributed by atoms with Crippen LogP contribution in [-0.4, -0.2) is 41.2 Å². The number of methoxy groups -OCH3 is 1. The van der Waals surface area contributed by atoms with Crippen molar-refractivity contribution in [3.63, 3.8) is 0 Å². The van der Waals surface area contributed by atoms with Crippen LogP contribution < -0.4 is 20.2 Å². The number of amides is 3. The minimum Gasteiger partial charge on any atom is -0.493 e. The van der Waals surface area contributed by atoms with Gasteiger partial charge in [0.15, 0.2) is 11.5 Å². The molecule has 1 fully saturated rings. The normalized spacial score (nSPS) is 17.2. The van der Waals surface area contributed by atoms with E-state index < -0.39 is 41.5 Å². The second-order valence-corrected chi connectivity index (χ2v) is 7.74. The first-order valence-electron chi connectivity index (χ1n) is 9.38. The molecule has 2 aromatic rings. The zero-order chi connectivity index (χ0) is 23.4. The zero-order valence-corrected chi connectivity index (χ0v) is 18.6. The smallest absolute Gasteiger partial charge is 0.308 e. The van der Waals surface area contributed by atoms with E-state index in [0.29, 0.717) is 16.3 Å². The van der Waals surface area contributed by atoms with Gasteiger partial charge in [0.05, 0.1) is 7.11 Å². The Balaban J connectivity index is 1.67. The van der Waals surface area contributed by atoms with Crippen LogP contribution in [0.1, 0.15) is 24.9 Å². The summed E-state index contributed by atoms with van der Waals surface area (Å²) in [6.07, 6.45) is -0.523. The minimum atomic E-state index is -0.931. The molecule has 1 saturated heterocycles. The maximum Gasteiger partial charge on any atom is 0.308 e. The van der Waals surface area contributed by atoms with Crippen LogP contribution in [0.15, 0.2) is 42.5 Å². The Morgan fingerprint density at radius 1 is 1.09 bits per heavy atom. The average Bonchev–Trinajstić information content (AvgIpc) is 2.73. The average molecular weight is 480 g/mol. The van der Waals surface area contributed by atoms with Crippen LogP contribution >= 0.6 is 23.2 Å². The number of alkyl halides is 1. The number of benzene rings is 2. The van der Waals surface area contributed by atoms with E-state index in [9.17, 15) is 19.2 Å². The van der Waals surface area contributed by atoms with Crippen LogP contribution in [0.3, 0.4) is 0 Å². The third-order valence-electron chi connectivity index (χ3n) is 4.49. The lowest BCUT2D eigenvalue weighted by molar-refractivity contribution is -0.157. The summed E-state index contributed by atoms with van der Waals surface area (Å²) < 4.78 is 10.3. The molecule has 0 radical (unpaired) electrons. The predicted octanol–water partition coefficient (Wildman–Crippen LogP) is 2.82. The van der Waals surface area contributed by atoms with Gasteiger partial charge in [-0.15, -0.1) is 11.6 Å². The molecule has 3 rings (SSSR count). The first-order valence-corrected chi connectivity index (χ1v) is 10.2. The molecule has 11 heteroatoms. The number of anilines is 1. The number of hydrogen-bond donors (Lipinski definition) is 2. The van der Waals surface area contributed by atoms with Gasteiger partial charge in [-0.3, -0.25) is 24.6 Å². The number of halogens is 2. The van der Waals surface area contributed by atoms with E-state index in [1.165, 1.54) is 26.2 Å². The molecule has 32 heavy (non-hydrogen) atoms. The molecular formula is C21H19Cl2N3O6. The summed E-state index contributed by atoms with van der Waals surface area (Å²) in [7, 11) is 1.40. The van der Waals surface area contributed by atoms with Crippen LogP contribution in [0.2, 0.25) is 5.02 Å². The van der Waals surface area contributed by atoms with E-state index in [4.69, 9.17) is 32.7 Å². The molecule has 0 bridgehead atoms. The molecule has 0 aliphatic carbocycles. The third-order valence-corrected chi connectivity index (χ3v) is 5.15. The lowest BCUT2D eigenvalue weighted by Gasteiger charge is -2.44. The monoisotopic (exact) mass is 479 g/mol. The molecule has 0 saturated carbocycles. The van der Waals surface area contributed by atoms with E-state index in [1.54, 1.807) is 30.3 Å². The number of rotatable bonds is 7. The molecule has 2 aromatic carbocycles. The van der Waals surface area contributed by atoms with Gasteiger partial charge in [0.2, 0.25) is 11.8 Å². The Kier molecular flexibility index (Phi) is 7.22. The fourth-order valence-electron chi connectivity index (χ4n) is 3.09. The van der Waals surface area contributed by atoms with E-state index >= 15 is 0 Å². The summed E-state index contributed by atoms with van der Waals surface area (Å²) in [6, 6.07) is 10.4. The summed E-state index contributed by atoms with van der Waals surface area (Å²) in [4.78, 5) is 47.9. The number of hydrazine groups is 1. The summed E-state index contributed by atoms with van der Waals surface area (Å²) in [5.74, 6) is -1.86. The number of carbonyl (C=O) groups is 4. The molecule has 9 nitrogen and oxygen atoms in total. The fraction of sp³-hybridized carbons (Fsp3) is 0.238. The number of ether oxygens (including phenoxy) is 2. The number of esters is 1. The molecule has 0 unspecified atom stereocenters. The van der Waals surface area contributed by atoms with Gasteiger partial charge in [-0.2, -0.15) is 0 Å². The molecule has 2 N–H and O–H groups in total. The molecule has 1 heterocycles. The first-order chi connectivity index (χ1) is 15.2. The number of hydrogen-bond acceptors (Lipinski definition) is 6. The van der Waals surface area contributed by atoms with Gasteiger partial charge in [0.1, 0.15) is 17.8 Å². The second kappa shape index (κ2) is 9.88. The van der Waals surface area contributed by atoms with Crippen molar-refractivity contribution in [3.8, 4) is 11.5 Å². The van der Waals surface area contributed by atoms with Crippen molar-refractivity contribution in [1.29, 1.82) is 0 Å². The fourth-order valence-corrected chi connectivity index (χ4v) is 3.65. The van der Waals surface area contributed by atoms with E-state index in [1.807, 2.05) is 0 Å². The first kappa shape index (κ1) is 23.4. The highest BCUT2D eigenvalue weighted by Gasteiger charge is 2.48. The number of nitrogens with one attached hydrogen (secondary N) is 2. The molecule has 1 aliphatic heterocycles. The van der Waals surface area contributed by atoms with Crippen LogP contribution in [0, 0.1) is 0 Å². The van der Waals surface area contributed by atoms with E-state index in [-0.39, 0.29) is 11.5 Å². The zero-order valence-electron chi connectivity index (χ0n) is 17.1. The minimum absolute atomic E-state index is 0.203. The van der Waals surface area contributed by atoms with Gasteiger partial charge in [-0.05, 0) is 35.9 Å². The highest BCUT2D eigenvalue weighted by molar-refractivity contribution is 6.33. The quantitative estimate of drug-likeness (QED) is 0.207. The molecule has 168 valence electrons. The van der Waals surface area contributed by atoms with Crippen molar-refractivity contribution >= 4 is 52.6 Å². The van der Waals surface area contributed by atoms with Crippen molar-refractivity contribution in [1.82, 2.24) is 10.4 Å². The van der Waals surface area contributed by atoms with Crippen molar-refractivity contribution in [2.24, 2.45) is 0 Å². The lowest BCUT2D eigenvalue weighted by atomic mass is 9.95. The van der Waals surface area contributed by atoms with Crippen molar-refractivity contribution in [2.75, 3.05) is 12.4 Å². The van der Waals surface area contributed by atoms with Crippen molar-refractivity contribution in [3.05, 3.63) is 53.1 Å². The van der Waals surface area contributed by atoms with Gasteiger partial charge in [-0.1, -0.05) is 23.7 Å². The van der Waals surface area contributed by atoms with Crippen LogP contribution in [0.25, 0.3) is 0 Å². The van der Waals surface area contributed by atoms with E-state index in [2.05, 4.69) is 10.7 Å². The summed E-state index contributed by atoms with van der Waals surface area (Å²) >= 11 is 12.0. The van der Waals surface area contributed by atoms with Gasteiger partial charge >= 0.3 is 5.97 Å². The molecule has 0 aromatic heterocycles.